The molecule has 0 atom stereocenters. The number of hydrogen-bond donors (Lipinski definition) is 1. The average molecular weight is 208 g/mol. The van der Waals surface area contributed by atoms with Gasteiger partial charge in [-0.05, 0) is 6.92 Å². The van der Waals surface area contributed by atoms with E-state index in [0.29, 0.717) is 0 Å². The summed E-state index contributed by atoms with van der Waals surface area (Å²) in [7, 11) is -2.31. The van der Waals surface area contributed by atoms with Crippen molar-refractivity contribution in [2.24, 2.45) is 0 Å². The van der Waals surface area contributed by atoms with Gasteiger partial charge in [0, 0.05) is 5.57 Å². The second-order valence-corrected chi connectivity index (χ2v) is 3.56. The smallest absolute Gasteiger partial charge is 0.330 e. The van der Waals surface area contributed by atoms with Crippen molar-refractivity contribution in [1.29, 1.82) is 0 Å². The SMILES string of the molecule is C=C(C)C(=O)O.C=CS(=O)(=O)OC. The molecule has 76 valence electrons. The second kappa shape index (κ2) is 6.38. The summed E-state index contributed by atoms with van der Waals surface area (Å²) in [5.41, 5.74) is 0.176. The lowest BCUT2D eigenvalue weighted by Crippen LogP contribution is -1.94. The van der Waals surface area contributed by atoms with Gasteiger partial charge in [-0.3, -0.25) is 4.18 Å². The first-order valence-corrected chi connectivity index (χ1v) is 4.55. The Bertz CT molecular complexity index is 276. The Kier molecular flexibility index (Phi) is 7.07. The third kappa shape index (κ3) is 10.9. The molecule has 0 saturated heterocycles. The predicted molar refractivity (Wildman–Crippen MR) is 48.6 cm³/mol. The van der Waals surface area contributed by atoms with Crippen LogP contribution in [0.4, 0.5) is 0 Å². The van der Waals surface area contributed by atoms with E-state index >= 15 is 0 Å². The Balaban J connectivity index is 0. The minimum absolute atomic E-state index is 0.176. The van der Waals surface area contributed by atoms with Crippen LogP contribution in [-0.4, -0.2) is 26.6 Å². The summed E-state index contributed by atoms with van der Waals surface area (Å²) in [4.78, 5) is 9.60. The van der Waals surface area contributed by atoms with Gasteiger partial charge in [-0.1, -0.05) is 13.2 Å². The van der Waals surface area contributed by atoms with Gasteiger partial charge in [0.15, 0.2) is 0 Å². The lowest BCUT2D eigenvalue weighted by molar-refractivity contribution is -0.132. The molecular weight excluding hydrogens is 196 g/mol. The molecule has 5 nitrogen and oxygen atoms in total. The molecule has 0 heterocycles. The van der Waals surface area contributed by atoms with E-state index in [1.54, 1.807) is 0 Å². The zero-order valence-corrected chi connectivity index (χ0v) is 8.30. The van der Waals surface area contributed by atoms with Crippen LogP contribution in [0.3, 0.4) is 0 Å². The molecule has 0 bridgehead atoms. The van der Waals surface area contributed by atoms with Gasteiger partial charge >= 0.3 is 5.97 Å². The number of carboxylic acid groups (broad SMARTS) is 1. The van der Waals surface area contributed by atoms with Gasteiger partial charge in [-0.15, -0.1) is 0 Å². The van der Waals surface area contributed by atoms with Crippen molar-refractivity contribution in [3.63, 3.8) is 0 Å². The first-order valence-electron chi connectivity index (χ1n) is 3.08. The van der Waals surface area contributed by atoms with E-state index in [4.69, 9.17) is 5.11 Å². The number of carbonyl (C=O) groups is 1. The number of aliphatic carboxylic acids is 1. The standard InChI is InChI=1S/C4H6O2.C3H6O3S/c1-3(2)4(5)6;1-3-7(4,5)6-2/h1H2,2H3,(H,5,6);3H,1H2,2H3. The summed E-state index contributed by atoms with van der Waals surface area (Å²) in [6.45, 7) is 7.59. The van der Waals surface area contributed by atoms with E-state index in [-0.39, 0.29) is 5.57 Å². The summed E-state index contributed by atoms with van der Waals surface area (Å²) < 4.78 is 24.0. The van der Waals surface area contributed by atoms with Crippen molar-refractivity contribution in [1.82, 2.24) is 0 Å². The van der Waals surface area contributed by atoms with Crippen molar-refractivity contribution in [2.45, 2.75) is 6.92 Å². The Morgan fingerprint density at radius 3 is 1.85 bits per heavy atom. The van der Waals surface area contributed by atoms with Gasteiger partial charge in [0.1, 0.15) is 0 Å². The maximum atomic E-state index is 10.0. The summed E-state index contributed by atoms with van der Waals surface area (Å²) in [6.07, 6.45) is 0. The highest BCUT2D eigenvalue weighted by Crippen LogP contribution is 1.86. The van der Waals surface area contributed by atoms with Crippen LogP contribution in [0.2, 0.25) is 0 Å². The zero-order chi connectivity index (χ0) is 11.1. The topological polar surface area (TPSA) is 80.7 Å². The van der Waals surface area contributed by atoms with Crippen molar-refractivity contribution in [3.8, 4) is 0 Å². The molecule has 0 fully saturated rings. The molecule has 6 heteroatoms. The fraction of sp³-hybridized carbons (Fsp3) is 0.286. The fourth-order valence-corrected chi connectivity index (χ4v) is 0.204. The Morgan fingerprint density at radius 2 is 1.85 bits per heavy atom. The highest BCUT2D eigenvalue weighted by molar-refractivity contribution is 7.89. The van der Waals surface area contributed by atoms with Crippen molar-refractivity contribution in [3.05, 3.63) is 24.1 Å². The van der Waals surface area contributed by atoms with Gasteiger partial charge in [-0.25, -0.2) is 4.79 Å². The lowest BCUT2D eigenvalue weighted by Gasteiger charge is -1.86. The van der Waals surface area contributed by atoms with E-state index in [1.165, 1.54) is 6.92 Å². The molecule has 0 aliphatic heterocycles. The molecule has 0 saturated carbocycles. The average Bonchev–Trinajstić information content (AvgIpc) is 2.05. The Hall–Kier alpha value is -1.14. The molecule has 0 radical (unpaired) electrons. The maximum Gasteiger partial charge on any atom is 0.330 e. The minimum atomic E-state index is -3.39. The van der Waals surface area contributed by atoms with Gasteiger partial charge in [0.2, 0.25) is 0 Å². The molecule has 1 N–H and O–H groups in total. The number of carboxylic acids is 1. The summed E-state index contributed by atoms with van der Waals surface area (Å²) in [6, 6.07) is 0. The van der Waals surface area contributed by atoms with Crippen molar-refractivity contribution >= 4 is 16.1 Å². The first-order chi connectivity index (χ1) is 5.76. The predicted octanol–water partition coefficient (Wildman–Crippen LogP) is 0.753. The highest BCUT2D eigenvalue weighted by atomic mass is 32.2. The van der Waals surface area contributed by atoms with Crippen LogP contribution >= 0.6 is 0 Å². The van der Waals surface area contributed by atoms with E-state index in [2.05, 4.69) is 17.3 Å². The molecule has 0 spiro atoms. The molecule has 13 heavy (non-hydrogen) atoms. The van der Waals surface area contributed by atoms with E-state index in [9.17, 15) is 13.2 Å². The summed E-state index contributed by atoms with van der Waals surface area (Å²) >= 11 is 0. The number of hydrogen-bond acceptors (Lipinski definition) is 4. The van der Waals surface area contributed by atoms with Crippen LogP contribution in [0.1, 0.15) is 6.92 Å². The van der Waals surface area contributed by atoms with Gasteiger partial charge in [0.25, 0.3) is 10.1 Å². The number of rotatable bonds is 3. The summed E-state index contributed by atoms with van der Waals surface area (Å²) in [5.74, 6) is -0.935. The van der Waals surface area contributed by atoms with Crippen LogP contribution in [0.5, 0.6) is 0 Å². The van der Waals surface area contributed by atoms with Crippen LogP contribution in [-0.2, 0) is 19.1 Å². The molecule has 0 aliphatic rings. The van der Waals surface area contributed by atoms with Crippen molar-refractivity contribution in [2.75, 3.05) is 7.11 Å². The molecular formula is C7H12O5S. The van der Waals surface area contributed by atoms with Crippen LogP contribution < -0.4 is 0 Å². The first kappa shape index (κ1) is 14.4. The molecule has 0 rings (SSSR count). The molecule has 0 amide bonds. The second-order valence-electron chi connectivity index (χ2n) is 1.91. The monoisotopic (exact) mass is 208 g/mol. The van der Waals surface area contributed by atoms with Gasteiger partial charge in [0.05, 0.1) is 12.5 Å². The van der Waals surface area contributed by atoms with Crippen LogP contribution in [0, 0.1) is 0 Å². The third-order valence-corrected chi connectivity index (χ3v) is 1.67. The molecule has 0 aliphatic carbocycles. The highest BCUT2D eigenvalue weighted by Gasteiger charge is 1.95. The van der Waals surface area contributed by atoms with Crippen LogP contribution in [0.25, 0.3) is 0 Å². The lowest BCUT2D eigenvalue weighted by atomic mass is 10.4. The van der Waals surface area contributed by atoms with E-state index < -0.39 is 16.1 Å². The summed E-state index contributed by atoms with van der Waals surface area (Å²) in [5, 5.41) is 8.63. The minimum Gasteiger partial charge on any atom is -0.478 e. The Labute approximate surface area is 77.5 Å². The van der Waals surface area contributed by atoms with E-state index in [1.807, 2.05) is 0 Å². The largest absolute Gasteiger partial charge is 0.478 e. The van der Waals surface area contributed by atoms with Crippen molar-refractivity contribution < 1.29 is 22.5 Å². The maximum absolute atomic E-state index is 10.0. The van der Waals surface area contributed by atoms with E-state index in [0.717, 1.165) is 12.5 Å². The fourth-order valence-electron chi connectivity index (χ4n) is 0.0680. The quantitative estimate of drug-likeness (QED) is 0.547. The molecule has 0 unspecified atom stereocenters. The van der Waals surface area contributed by atoms with Crippen LogP contribution in [0.15, 0.2) is 24.1 Å². The molecule has 0 aromatic rings. The van der Waals surface area contributed by atoms with Gasteiger partial charge in [-0.2, -0.15) is 8.42 Å². The third-order valence-electron chi connectivity index (χ3n) is 0.802. The Morgan fingerprint density at radius 1 is 1.54 bits per heavy atom. The zero-order valence-electron chi connectivity index (χ0n) is 7.48. The van der Waals surface area contributed by atoms with Gasteiger partial charge < -0.3 is 5.11 Å². The molecule has 0 aromatic carbocycles. The normalized spacial score (nSPS) is 9.38. The molecule has 0 aromatic heterocycles.